The maximum Gasteiger partial charge on any atom is 0.255 e. The second-order valence-corrected chi connectivity index (χ2v) is 4.76. The summed E-state index contributed by atoms with van der Waals surface area (Å²) in [6.45, 7) is 2.88. The zero-order chi connectivity index (χ0) is 14.5. The van der Waals surface area contributed by atoms with Crippen LogP contribution in [0.1, 0.15) is 22.8 Å². The van der Waals surface area contributed by atoms with Gasteiger partial charge in [0.2, 0.25) is 5.95 Å². The molecule has 0 aliphatic heterocycles. The summed E-state index contributed by atoms with van der Waals surface area (Å²) in [4.78, 5) is 17.5. The number of halogens is 2. The molecule has 1 aromatic carbocycles. The number of carbonyl (C=O) groups is 1. The lowest BCUT2D eigenvalue weighted by Crippen LogP contribution is -2.30. The quantitative estimate of drug-likeness (QED) is 0.808. The Morgan fingerprint density at radius 2 is 2.15 bits per heavy atom. The number of pyridine rings is 1. The molecule has 0 bridgehead atoms. The van der Waals surface area contributed by atoms with Crippen molar-refractivity contribution < 1.29 is 9.18 Å². The van der Waals surface area contributed by atoms with Crippen molar-refractivity contribution in [3.05, 3.63) is 64.7 Å². The van der Waals surface area contributed by atoms with Crippen LogP contribution in [0.4, 0.5) is 4.39 Å². The van der Waals surface area contributed by atoms with Crippen LogP contribution < -0.4 is 0 Å². The standard InChI is InChI=1S/C15H14ClFN2O/c1-2-19(10-11-4-3-5-13(16)8-11)15(20)12-6-7-14(17)18-9-12/h3-9H,2,10H2,1H3. The summed E-state index contributed by atoms with van der Waals surface area (Å²) in [5.41, 5.74) is 1.32. The van der Waals surface area contributed by atoms with Crippen LogP contribution in [-0.4, -0.2) is 22.3 Å². The summed E-state index contributed by atoms with van der Waals surface area (Å²) in [7, 11) is 0. The van der Waals surface area contributed by atoms with E-state index < -0.39 is 5.95 Å². The maximum atomic E-state index is 12.8. The van der Waals surface area contributed by atoms with Crippen LogP contribution in [0.2, 0.25) is 5.02 Å². The number of rotatable bonds is 4. The molecule has 0 saturated heterocycles. The van der Waals surface area contributed by atoms with E-state index >= 15 is 0 Å². The van der Waals surface area contributed by atoms with E-state index in [-0.39, 0.29) is 5.91 Å². The van der Waals surface area contributed by atoms with Gasteiger partial charge in [-0.1, -0.05) is 23.7 Å². The minimum Gasteiger partial charge on any atom is -0.335 e. The van der Waals surface area contributed by atoms with E-state index in [2.05, 4.69) is 4.98 Å². The van der Waals surface area contributed by atoms with Crippen LogP contribution >= 0.6 is 11.6 Å². The van der Waals surface area contributed by atoms with Gasteiger partial charge in [0.15, 0.2) is 0 Å². The highest BCUT2D eigenvalue weighted by Crippen LogP contribution is 2.14. The molecule has 5 heteroatoms. The average molecular weight is 293 g/mol. The Morgan fingerprint density at radius 1 is 1.35 bits per heavy atom. The van der Waals surface area contributed by atoms with Crippen molar-refractivity contribution in [3.63, 3.8) is 0 Å². The fourth-order valence-corrected chi connectivity index (χ4v) is 2.08. The highest BCUT2D eigenvalue weighted by molar-refractivity contribution is 6.30. The number of hydrogen-bond acceptors (Lipinski definition) is 2. The number of nitrogens with zero attached hydrogens (tertiary/aromatic N) is 2. The first-order chi connectivity index (χ1) is 9.60. The Labute approximate surface area is 122 Å². The summed E-state index contributed by atoms with van der Waals surface area (Å²) in [5.74, 6) is -0.778. The van der Waals surface area contributed by atoms with Gasteiger partial charge in [-0.05, 0) is 36.8 Å². The third-order valence-electron chi connectivity index (χ3n) is 2.91. The smallest absolute Gasteiger partial charge is 0.255 e. The Hall–Kier alpha value is -1.94. The number of aromatic nitrogens is 1. The van der Waals surface area contributed by atoms with E-state index in [0.717, 1.165) is 5.56 Å². The van der Waals surface area contributed by atoms with Crippen molar-refractivity contribution in [1.29, 1.82) is 0 Å². The molecule has 1 heterocycles. The van der Waals surface area contributed by atoms with Crippen molar-refractivity contribution in [1.82, 2.24) is 9.88 Å². The molecule has 0 atom stereocenters. The third kappa shape index (κ3) is 3.54. The average Bonchev–Trinajstić information content (AvgIpc) is 2.45. The van der Waals surface area contributed by atoms with Crippen molar-refractivity contribution in [2.45, 2.75) is 13.5 Å². The fraction of sp³-hybridized carbons (Fsp3) is 0.200. The molecule has 20 heavy (non-hydrogen) atoms. The fourth-order valence-electron chi connectivity index (χ4n) is 1.87. The van der Waals surface area contributed by atoms with Crippen LogP contribution in [-0.2, 0) is 6.54 Å². The Bertz CT molecular complexity index is 601. The molecule has 1 amide bonds. The molecule has 0 fully saturated rings. The molecule has 104 valence electrons. The molecule has 3 nitrogen and oxygen atoms in total. The van der Waals surface area contributed by atoms with Gasteiger partial charge in [-0.3, -0.25) is 4.79 Å². The number of amides is 1. The summed E-state index contributed by atoms with van der Waals surface area (Å²) < 4.78 is 12.8. The SMILES string of the molecule is CCN(Cc1cccc(Cl)c1)C(=O)c1ccc(F)nc1. The molecule has 1 aromatic heterocycles. The minimum absolute atomic E-state index is 0.181. The van der Waals surface area contributed by atoms with Crippen LogP contribution in [0, 0.1) is 5.95 Å². The minimum atomic E-state index is -0.598. The lowest BCUT2D eigenvalue weighted by molar-refractivity contribution is 0.0752. The Balaban J connectivity index is 2.15. The first-order valence-electron chi connectivity index (χ1n) is 6.25. The van der Waals surface area contributed by atoms with Crippen molar-refractivity contribution in [2.75, 3.05) is 6.54 Å². The van der Waals surface area contributed by atoms with Gasteiger partial charge in [0.05, 0.1) is 5.56 Å². The maximum absolute atomic E-state index is 12.8. The largest absolute Gasteiger partial charge is 0.335 e. The number of benzene rings is 1. The second kappa shape index (κ2) is 6.48. The highest BCUT2D eigenvalue weighted by atomic mass is 35.5. The first-order valence-corrected chi connectivity index (χ1v) is 6.63. The predicted octanol–water partition coefficient (Wildman–Crippen LogP) is 3.54. The van der Waals surface area contributed by atoms with Crippen molar-refractivity contribution in [2.24, 2.45) is 0 Å². The zero-order valence-electron chi connectivity index (χ0n) is 11.0. The normalized spacial score (nSPS) is 10.3. The van der Waals surface area contributed by atoms with E-state index in [4.69, 9.17) is 11.6 Å². The first kappa shape index (κ1) is 14.5. The Morgan fingerprint density at radius 3 is 2.75 bits per heavy atom. The summed E-state index contributed by atoms with van der Waals surface area (Å²) in [6, 6.07) is 9.97. The van der Waals surface area contributed by atoms with E-state index in [0.29, 0.717) is 23.7 Å². The number of carbonyl (C=O) groups excluding carboxylic acids is 1. The van der Waals surface area contributed by atoms with Gasteiger partial charge < -0.3 is 4.90 Å². The van der Waals surface area contributed by atoms with E-state index in [1.807, 2.05) is 25.1 Å². The van der Waals surface area contributed by atoms with Gasteiger partial charge in [0.25, 0.3) is 5.91 Å². The van der Waals surface area contributed by atoms with E-state index in [1.54, 1.807) is 11.0 Å². The molecule has 0 unspecified atom stereocenters. The molecule has 2 aromatic rings. The molecule has 0 saturated carbocycles. The lowest BCUT2D eigenvalue weighted by atomic mass is 10.2. The zero-order valence-corrected chi connectivity index (χ0v) is 11.8. The van der Waals surface area contributed by atoms with Gasteiger partial charge in [0.1, 0.15) is 0 Å². The number of hydrogen-bond donors (Lipinski definition) is 0. The monoisotopic (exact) mass is 292 g/mol. The summed E-state index contributed by atoms with van der Waals surface area (Å²) >= 11 is 5.93. The topological polar surface area (TPSA) is 33.2 Å². The van der Waals surface area contributed by atoms with Crippen molar-refractivity contribution >= 4 is 17.5 Å². The van der Waals surface area contributed by atoms with Gasteiger partial charge in [-0.2, -0.15) is 4.39 Å². The highest BCUT2D eigenvalue weighted by Gasteiger charge is 2.15. The van der Waals surface area contributed by atoms with Crippen LogP contribution in [0.15, 0.2) is 42.6 Å². The summed E-state index contributed by atoms with van der Waals surface area (Å²) in [5, 5.41) is 0.634. The van der Waals surface area contributed by atoms with Crippen LogP contribution in [0.25, 0.3) is 0 Å². The second-order valence-electron chi connectivity index (χ2n) is 4.32. The predicted molar refractivity (Wildman–Crippen MR) is 76.1 cm³/mol. The van der Waals surface area contributed by atoms with Crippen LogP contribution in [0.5, 0.6) is 0 Å². The molecule has 0 radical (unpaired) electrons. The molecule has 0 spiro atoms. The van der Waals surface area contributed by atoms with E-state index in [9.17, 15) is 9.18 Å². The van der Waals surface area contributed by atoms with Crippen LogP contribution in [0.3, 0.4) is 0 Å². The lowest BCUT2D eigenvalue weighted by Gasteiger charge is -2.21. The Kier molecular flexibility index (Phi) is 4.69. The molecular formula is C15H14ClFN2O. The molecule has 0 aliphatic rings. The molecule has 2 rings (SSSR count). The summed E-state index contributed by atoms with van der Waals surface area (Å²) in [6.07, 6.45) is 1.25. The molecule has 0 N–H and O–H groups in total. The van der Waals surface area contributed by atoms with Crippen molar-refractivity contribution in [3.8, 4) is 0 Å². The molecule has 0 aliphatic carbocycles. The van der Waals surface area contributed by atoms with Gasteiger partial charge in [0, 0.05) is 24.3 Å². The van der Waals surface area contributed by atoms with Gasteiger partial charge in [-0.25, -0.2) is 4.98 Å². The third-order valence-corrected chi connectivity index (χ3v) is 3.14. The van der Waals surface area contributed by atoms with Gasteiger partial charge >= 0.3 is 0 Å². The van der Waals surface area contributed by atoms with Gasteiger partial charge in [-0.15, -0.1) is 0 Å². The van der Waals surface area contributed by atoms with E-state index in [1.165, 1.54) is 18.3 Å². The molecular weight excluding hydrogens is 279 g/mol.